The third-order valence-corrected chi connectivity index (χ3v) is 5.07. The van der Waals surface area contributed by atoms with Crippen molar-refractivity contribution in [2.24, 2.45) is 0 Å². The molecule has 0 saturated carbocycles. The summed E-state index contributed by atoms with van der Waals surface area (Å²) in [5.74, 6) is -2.02. The van der Waals surface area contributed by atoms with Crippen LogP contribution in [0.3, 0.4) is 0 Å². The van der Waals surface area contributed by atoms with Gasteiger partial charge in [-0.2, -0.15) is 4.57 Å². The zero-order valence-electron chi connectivity index (χ0n) is 15.9. The molecule has 0 amide bonds. The first kappa shape index (κ1) is 20.5. The quantitative estimate of drug-likeness (QED) is 0.356. The summed E-state index contributed by atoms with van der Waals surface area (Å²) in [5.41, 5.74) is 4.34. The van der Waals surface area contributed by atoms with Crippen molar-refractivity contribution in [1.82, 2.24) is 19.5 Å². The molecule has 0 bridgehead atoms. The van der Waals surface area contributed by atoms with E-state index in [2.05, 4.69) is 15.0 Å². The summed E-state index contributed by atoms with van der Waals surface area (Å²) in [4.78, 5) is 32.6. The first-order valence-electron chi connectivity index (χ1n) is 9.11. The van der Waals surface area contributed by atoms with Gasteiger partial charge in [-0.15, -0.1) is 0 Å². The smallest absolute Gasteiger partial charge is 0.394 e. The zero-order valence-corrected chi connectivity index (χ0v) is 15.9. The lowest BCUT2D eigenvalue weighted by Gasteiger charge is -2.27. The summed E-state index contributed by atoms with van der Waals surface area (Å²) in [6.07, 6.45) is -2.36. The number of anilines is 1. The van der Waals surface area contributed by atoms with E-state index < -0.39 is 52.1 Å². The molecule has 3 heterocycles. The fourth-order valence-corrected chi connectivity index (χ4v) is 3.81. The number of imidazole rings is 1. The maximum absolute atomic E-state index is 11.8. The van der Waals surface area contributed by atoms with E-state index in [-0.39, 0.29) is 24.0 Å². The highest BCUT2D eigenvalue weighted by Crippen LogP contribution is 2.43. The minimum absolute atomic E-state index is 0.0193. The average molecular weight is 431 g/mol. The number of nitrogens with zero attached hydrogens (tertiary/aromatic N) is 6. The monoisotopic (exact) mass is 431 g/mol. The Morgan fingerprint density at radius 3 is 2.48 bits per heavy atom. The summed E-state index contributed by atoms with van der Waals surface area (Å²) >= 11 is 0. The predicted octanol–water partition coefficient (Wildman–Crippen LogP) is 0.262. The van der Waals surface area contributed by atoms with Crippen LogP contribution in [0.1, 0.15) is 12.0 Å². The molecule has 1 aliphatic rings. The highest BCUT2D eigenvalue weighted by Gasteiger charge is 2.54. The fourth-order valence-electron chi connectivity index (χ4n) is 3.81. The minimum Gasteiger partial charge on any atom is -0.394 e. The van der Waals surface area contributed by atoms with Gasteiger partial charge in [0, 0.05) is 12.8 Å². The number of aromatic nitrogens is 4. The SMILES string of the molecule is Nc1nc([N+](=O)[O-])nc2c1nc([N+](=O)[O-])n2[C@@]1(Cc2ccccc2)C[C@H](O)[C@@H](CO)O1. The number of fused-ring (bicyclic) bond motifs is 1. The van der Waals surface area contributed by atoms with Crippen LogP contribution in [0.5, 0.6) is 0 Å². The number of rotatable bonds is 6. The molecule has 1 saturated heterocycles. The number of nitrogen functional groups attached to an aromatic ring is 1. The number of aliphatic hydroxyl groups is 2. The molecule has 3 atom stereocenters. The van der Waals surface area contributed by atoms with Gasteiger partial charge in [0.1, 0.15) is 6.10 Å². The van der Waals surface area contributed by atoms with Crippen molar-refractivity contribution in [1.29, 1.82) is 0 Å². The van der Waals surface area contributed by atoms with Crippen LogP contribution in [0.2, 0.25) is 0 Å². The van der Waals surface area contributed by atoms with Crippen LogP contribution in [-0.4, -0.2) is 58.4 Å². The lowest BCUT2D eigenvalue weighted by molar-refractivity contribution is -0.400. The highest BCUT2D eigenvalue weighted by molar-refractivity contribution is 5.84. The van der Waals surface area contributed by atoms with Crippen molar-refractivity contribution in [3.8, 4) is 0 Å². The van der Waals surface area contributed by atoms with E-state index in [4.69, 9.17) is 10.5 Å². The van der Waals surface area contributed by atoms with Crippen LogP contribution >= 0.6 is 0 Å². The summed E-state index contributed by atoms with van der Waals surface area (Å²) in [6, 6.07) is 8.79. The molecular formula is C17H17N7O7. The third kappa shape index (κ3) is 3.41. The molecule has 1 fully saturated rings. The van der Waals surface area contributed by atoms with Crippen molar-refractivity contribution in [3.63, 3.8) is 0 Å². The Morgan fingerprint density at radius 1 is 1.19 bits per heavy atom. The van der Waals surface area contributed by atoms with Crippen LogP contribution in [0.25, 0.3) is 11.2 Å². The molecule has 14 heteroatoms. The molecule has 31 heavy (non-hydrogen) atoms. The molecule has 4 N–H and O–H groups in total. The topological polar surface area (TPSA) is 206 Å². The molecule has 0 spiro atoms. The van der Waals surface area contributed by atoms with Gasteiger partial charge in [0.25, 0.3) is 11.3 Å². The summed E-state index contributed by atoms with van der Waals surface area (Å²) in [7, 11) is 0. The van der Waals surface area contributed by atoms with Crippen LogP contribution < -0.4 is 5.73 Å². The molecule has 1 aromatic carbocycles. The lowest BCUT2D eigenvalue weighted by Crippen LogP contribution is -2.37. The van der Waals surface area contributed by atoms with Gasteiger partial charge in [-0.05, 0) is 25.4 Å². The second kappa shape index (κ2) is 7.50. The van der Waals surface area contributed by atoms with E-state index in [1.165, 1.54) is 0 Å². The van der Waals surface area contributed by atoms with Gasteiger partial charge in [0.05, 0.1) is 12.7 Å². The number of hydrogen-bond acceptors (Lipinski definition) is 11. The third-order valence-electron chi connectivity index (χ3n) is 5.07. The van der Waals surface area contributed by atoms with Gasteiger partial charge in [0.2, 0.25) is 5.72 Å². The second-order valence-corrected chi connectivity index (χ2v) is 7.06. The van der Waals surface area contributed by atoms with Gasteiger partial charge in [-0.1, -0.05) is 35.3 Å². The standard InChI is InChI=1S/C17H17N7O7/c18-13-12-14(21-15(20-13)23(27)28)22(16(19-12)24(29)30)17(6-9-4-2-1-3-5-9)7-10(26)11(8-25)31-17/h1-5,10-11,25-26H,6-8H2,(H2,18,20,21)/t10-,11+,17+/m0/s1. The van der Waals surface area contributed by atoms with E-state index in [0.717, 1.165) is 4.57 Å². The van der Waals surface area contributed by atoms with E-state index >= 15 is 0 Å². The van der Waals surface area contributed by atoms with Gasteiger partial charge in [-0.25, -0.2) is 0 Å². The van der Waals surface area contributed by atoms with Crippen LogP contribution in [-0.2, 0) is 16.9 Å². The predicted molar refractivity (Wildman–Crippen MR) is 104 cm³/mol. The van der Waals surface area contributed by atoms with Gasteiger partial charge in [-0.3, -0.25) is 0 Å². The molecule has 14 nitrogen and oxygen atoms in total. The first-order valence-corrected chi connectivity index (χ1v) is 9.11. The van der Waals surface area contributed by atoms with Crippen molar-refractivity contribution >= 4 is 28.9 Å². The molecule has 0 radical (unpaired) electrons. The maximum Gasteiger partial charge on any atom is 0.474 e. The van der Waals surface area contributed by atoms with Crippen molar-refractivity contribution < 1.29 is 24.8 Å². The van der Waals surface area contributed by atoms with Gasteiger partial charge in [0.15, 0.2) is 0 Å². The number of hydrogen-bond donors (Lipinski definition) is 3. The number of benzene rings is 1. The summed E-state index contributed by atoms with van der Waals surface area (Å²) < 4.78 is 6.93. The Kier molecular flexibility index (Phi) is 4.96. The van der Waals surface area contributed by atoms with Crippen molar-refractivity contribution in [2.45, 2.75) is 30.8 Å². The Bertz CT molecular complexity index is 1170. The van der Waals surface area contributed by atoms with E-state index in [1.54, 1.807) is 30.3 Å². The van der Waals surface area contributed by atoms with Gasteiger partial charge >= 0.3 is 17.5 Å². The summed E-state index contributed by atoms with van der Waals surface area (Å²) in [6.45, 7) is -0.546. The highest BCUT2D eigenvalue weighted by atomic mass is 16.6. The lowest BCUT2D eigenvalue weighted by atomic mass is 9.97. The van der Waals surface area contributed by atoms with Crippen molar-refractivity contribution in [3.05, 3.63) is 56.1 Å². The molecule has 2 aromatic heterocycles. The molecule has 4 rings (SSSR count). The zero-order chi connectivity index (χ0) is 22.3. The molecule has 1 aliphatic heterocycles. The largest absolute Gasteiger partial charge is 0.474 e. The van der Waals surface area contributed by atoms with Crippen LogP contribution in [0, 0.1) is 20.2 Å². The van der Waals surface area contributed by atoms with Crippen molar-refractivity contribution in [2.75, 3.05) is 12.3 Å². The summed E-state index contributed by atoms with van der Waals surface area (Å²) in [5, 5.41) is 43.1. The second-order valence-electron chi connectivity index (χ2n) is 7.06. The Balaban J connectivity index is 2.02. The molecule has 3 aromatic rings. The van der Waals surface area contributed by atoms with Crippen LogP contribution in [0.15, 0.2) is 30.3 Å². The molecule has 0 unspecified atom stereocenters. The normalized spacial score (nSPS) is 23.3. The average Bonchev–Trinajstić information content (AvgIpc) is 3.27. The fraction of sp³-hybridized carbons (Fsp3) is 0.353. The Morgan fingerprint density at radius 2 is 1.90 bits per heavy atom. The minimum atomic E-state index is -1.63. The Hall–Kier alpha value is -3.75. The number of nitrogens with two attached hydrogens (primary N) is 1. The Labute approximate surface area is 173 Å². The first-order chi connectivity index (χ1) is 14.8. The van der Waals surface area contributed by atoms with E-state index in [0.29, 0.717) is 5.56 Å². The number of aliphatic hydroxyl groups excluding tert-OH is 2. The maximum atomic E-state index is 11.8. The molecular weight excluding hydrogens is 414 g/mol. The van der Waals surface area contributed by atoms with E-state index in [1.807, 2.05) is 0 Å². The molecule has 0 aliphatic carbocycles. The van der Waals surface area contributed by atoms with E-state index in [9.17, 15) is 30.4 Å². The van der Waals surface area contributed by atoms with Crippen LogP contribution in [0.4, 0.5) is 17.7 Å². The van der Waals surface area contributed by atoms with Gasteiger partial charge < -0.3 is 40.9 Å². The molecule has 162 valence electrons. The number of ether oxygens (including phenoxy) is 1. The number of nitro groups is 2.